The summed E-state index contributed by atoms with van der Waals surface area (Å²) in [5, 5.41) is 0. The van der Waals surface area contributed by atoms with Crippen LogP contribution in [0.1, 0.15) is 27.7 Å². The zero-order valence-corrected chi connectivity index (χ0v) is 11.5. The van der Waals surface area contributed by atoms with Gasteiger partial charge in [-0.1, -0.05) is 0 Å². The molecule has 0 bridgehead atoms. The number of rotatable bonds is 3. The van der Waals surface area contributed by atoms with Crippen molar-refractivity contribution in [3.05, 3.63) is 0 Å². The summed E-state index contributed by atoms with van der Waals surface area (Å²) >= 11 is 0. The van der Waals surface area contributed by atoms with Crippen molar-refractivity contribution >= 4 is 10.2 Å². The molecule has 5 nitrogen and oxygen atoms in total. The fraction of sp³-hybridized carbons (Fsp3) is 1.00. The van der Waals surface area contributed by atoms with E-state index in [2.05, 4.69) is 0 Å². The number of ether oxygens (including phenoxy) is 1. The van der Waals surface area contributed by atoms with Crippen molar-refractivity contribution in [3.63, 3.8) is 0 Å². The molecule has 0 N–H and O–H groups in total. The van der Waals surface area contributed by atoms with Crippen molar-refractivity contribution in [2.24, 2.45) is 0 Å². The van der Waals surface area contributed by atoms with Gasteiger partial charge in [0.25, 0.3) is 10.2 Å². The number of hydrogen-bond acceptors (Lipinski definition) is 3. The van der Waals surface area contributed by atoms with Gasteiger partial charge in [0.05, 0.1) is 12.2 Å². The quantitative estimate of drug-likeness (QED) is 0.740. The third-order valence-corrected chi connectivity index (χ3v) is 4.90. The van der Waals surface area contributed by atoms with Gasteiger partial charge in [0.1, 0.15) is 0 Å². The van der Waals surface area contributed by atoms with E-state index < -0.39 is 10.2 Å². The first-order valence-corrected chi connectivity index (χ1v) is 7.03. The van der Waals surface area contributed by atoms with Crippen LogP contribution in [0.2, 0.25) is 0 Å². The first-order valence-electron chi connectivity index (χ1n) is 5.63. The normalized spacial score (nSPS) is 28.9. The van der Waals surface area contributed by atoms with Crippen molar-refractivity contribution in [1.29, 1.82) is 0 Å². The van der Waals surface area contributed by atoms with Crippen molar-refractivity contribution in [2.45, 2.75) is 45.9 Å². The maximum atomic E-state index is 12.2. The van der Waals surface area contributed by atoms with E-state index in [1.165, 1.54) is 8.61 Å². The Morgan fingerprint density at radius 2 is 1.69 bits per heavy atom. The highest BCUT2D eigenvalue weighted by Crippen LogP contribution is 2.17. The smallest absolute Gasteiger partial charge is 0.282 e. The Bertz CT molecular complexity index is 319. The second kappa shape index (κ2) is 5.00. The molecule has 2 unspecified atom stereocenters. The minimum Gasteiger partial charge on any atom is -0.373 e. The highest BCUT2D eigenvalue weighted by Gasteiger charge is 2.34. The summed E-state index contributed by atoms with van der Waals surface area (Å²) in [6.45, 7) is 8.39. The van der Waals surface area contributed by atoms with E-state index in [1.807, 2.05) is 27.7 Å². The van der Waals surface area contributed by atoms with Crippen LogP contribution in [0.25, 0.3) is 0 Å². The Labute approximate surface area is 98.5 Å². The fourth-order valence-electron chi connectivity index (χ4n) is 1.77. The van der Waals surface area contributed by atoms with Crippen LogP contribution in [0, 0.1) is 0 Å². The van der Waals surface area contributed by atoms with Crippen LogP contribution in [0.15, 0.2) is 0 Å². The number of hydrogen-bond donors (Lipinski definition) is 0. The molecule has 0 aliphatic carbocycles. The van der Waals surface area contributed by atoms with E-state index in [9.17, 15) is 8.42 Å². The molecule has 96 valence electrons. The van der Waals surface area contributed by atoms with Crippen LogP contribution in [-0.2, 0) is 14.9 Å². The van der Waals surface area contributed by atoms with Crippen molar-refractivity contribution in [3.8, 4) is 0 Å². The summed E-state index contributed by atoms with van der Waals surface area (Å²) in [5.74, 6) is 0. The lowest BCUT2D eigenvalue weighted by Crippen LogP contribution is -2.53. The SMILES string of the molecule is CC1CN(S(=O)(=O)N(C)C(C)C)CC(C)O1. The van der Waals surface area contributed by atoms with Crippen LogP contribution in [0.4, 0.5) is 0 Å². The van der Waals surface area contributed by atoms with Crippen LogP contribution in [-0.4, -0.2) is 55.4 Å². The molecule has 0 saturated carbocycles. The third kappa shape index (κ3) is 2.94. The van der Waals surface area contributed by atoms with Crippen molar-refractivity contribution in [1.82, 2.24) is 8.61 Å². The molecule has 0 aromatic heterocycles. The Hall–Kier alpha value is -0.170. The average molecular weight is 250 g/mol. The third-order valence-electron chi connectivity index (χ3n) is 2.80. The van der Waals surface area contributed by atoms with Crippen LogP contribution in [0.3, 0.4) is 0 Å². The summed E-state index contributed by atoms with van der Waals surface area (Å²) in [4.78, 5) is 0. The molecule has 16 heavy (non-hydrogen) atoms. The first kappa shape index (κ1) is 13.9. The first-order chi connectivity index (χ1) is 7.25. The lowest BCUT2D eigenvalue weighted by molar-refractivity contribution is -0.0454. The second-order valence-corrected chi connectivity index (χ2v) is 6.68. The number of nitrogens with zero attached hydrogens (tertiary/aromatic N) is 2. The van der Waals surface area contributed by atoms with Crippen LogP contribution < -0.4 is 0 Å². The Morgan fingerprint density at radius 1 is 1.25 bits per heavy atom. The van der Waals surface area contributed by atoms with Crippen molar-refractivity contribution in [2.75, 3.05) is 20.1 Å². The van der Waals surface area contributed by atoms with E-state index >= 15 is 0 Å². The topological polar surface area (TPSA) is 49.9 Å². The van der Waals surface area contributed by atoms with Gasteiger partial charge in [-0.05, 0) is 27.7 Å². The van der Waals surface area contributed by atoms with Crippen molar-refractivity contribution < 1.29 is 13.2 Å². The van der Waals surface area contributed by atoms with Gasteiger partial charge >= 0.3 is 0 Å². The van der Waals surface area contributed by atoms with Gasteiger partial charge < -0.3 is 4.74 Å². The van der Waals surface area contributed by atoms with Gasteiger partial charge in [0.15, 0.2) is 0 Å². The van der Waals surface area contributed by atoms with Gasteiger partial charge in [0, 0.05) is 26.2 Å². The van der Waals surface area contributed by atoms with Gasteiger partial charge in [-0.2, -0.15) is 17.0 Å². The largest absolute Gasteiger partial charge is 0.373 e. The molecule has 0 amide bonds. The second-order valence-electron chi connectivity index (χ2n) is 4.69. The summed E-state index contributed by atoms with van der Waals surface area (Å²) in [6.07, 6.45) is -0.0850. The molecule has 1 saturated heterocycles. The molecule has 0 radical (unpaired) electrons. The lowest BCUT2D eigenvalue weighted by atomic mass is 10.3. The molecular weight excluding hydrogens is 228 g/mol. The highest BCUT2D eigenvalue weighted by atomic mass is 32.2. The molecule has 6 heteroatoms. The minimum atomic E-state index is -3.34. The molecule has 1 heterocycles. The predicted molar refractivity (Wildman–Crippen MR) is 63.4 cm³/mol. The molecule has 0 aromatic rings. The predicted octanol–water partition coefficient (Wildman–Crippen LogP) is 0.681. The minimum absolute atomic E-state index is 0.0292. The monoisotopic (exact) mass is 250 g/mol. The lowest BCUT2D eigenvalue weighted by Gasteiger charge is -2.37. The molecule has 1 rings (SSSR count). The maximum absolute atomic E-state index is 12.2. The van der Waals surface area contributed by atoms with E-state index in [4.69, 9.17) is 4.74 Å². The molecule has 0 spiro atoms. The van der Waals surface area contributed by atoms with Gasteiger partial charge in [-0.15, -0.1) is 0 Å². The Balaban J connectivity index is 2.83. The van der Waals surface area contributed by atoms with Gasteiger partial charge in [0.2, 0.25) is 0 Å². The zero-order chi connectivity index (χ0) is 12.5. The highest BCUT2D eigenvalue weighted by molar-refractivity contribution is 7.86. The molecule has 1 aliphatic heterocycles. The molecule has 2 atom stereocenters. The molecule has 1 aliphatic rings. The molecule has 0 aromatic carbocycles. The average Bonchev–Trinajstić information content (AvgIpc) is 2.14. The summed E-state index contributed by atoms with van der Waals surface area (Å²) in [7, 11) is -1.72. The van der Waals surface area contributed by atoms with Gasteiger partial charge in [-0.3, -0.25) is 0 Å². The fourth-order valence-corrected chi connectivity index (χ4v) is 3.46. The standard InChI is InChI=1S/C10H22N2O3S/c1-8(2)11(5)16(13,14)12-6-9(3)15-10(4)7-12/h8-10H,6-7H2,1-5H3. The summed E-state index contributed by atoms with van der Waals surface area (Å²) in [6, 6.07) is -0.0292. The zero-order valence-electron chi connectivity index (χ0n) is 10.7. The Kier molecular flexibility index (Phi) is 4.34. The van der Waals surface area contributed by atoms with E-state index in [-0.39, 0.29) is 18.2 Å². The summed E-state index contributed by atoms with van der Waals surface area (Å²) in [5.41, 5.74) is 0. The Morgan fingerprint density at radius 3 is 2.06 bits per heavy atom. The van der Waals surface area contributed by atoms with Gasteiger partial charge in [-0.25, -0.2) is 0 Å². The van der Waals surface area contributed by atoms with E-state index in [1.54, 1.807) is 7.05 Å². The van der Waals surface area contributed by atoms with Crippen LogP contribution >= 0.6 is 0 Å². The van der Waals surface area contributed by atoms with Crippen LogP contribution in [0.5, 0.6) is 0 Å². The maximum Gasteiger partial charge on any atom is 0.282 e. The summed E-state index contributed by atoms with van der Waals surface area (Å²) < 4.78 is 32.9. The number of morpholine rings is 1. The van der Waals surface area contributed by atoms with E-state index in [0.717, 1.165) is 0 Å². The molecule has 1 fully saturated rings. The van der Waals surface area contributed by atoms with E-state index in [0.29, 0.717) is 13.1 Å². The molecular formula is C10H22N2O3S.